The van der Waals surface area contributed by atoms with Gasteiger partial charge in [0.05, 0.1) is 11.6 Å². The molecule has 0 aromatic rings. The van der Waals surface area contributed by atoms with Gasteiger partial charge < -0.3 is 10.4 Å². The monoisotopic (exact) mass is 195 g/mol. The predicted molar refractivity (Wildman–Crippen MR) is 55.7 cm³/mol. The zero-order valence-electron chi connectivity index (χ0n) is 8.66. The van der Waals surface area contributed by atoms with E-state index in [2.05, 4.69) is 5.32 Å². The Morgan fingerprint density at radius 1 is 1.50 bits per heavy atom. The van der Waals surface area contributed by atoms with E-state index in [1.165, 1.54) is 0 Å². The van der Waals surface area contributed by atoms with Crippen LogP contribution in [0.4, 0.5) is 0 Å². The molecule has 2 atom stereocenters. The van der Waals surface area contributed by atoms with Crippen LogP contribution in [0.5, 0.6) is 0 Å². The number of hydrogen-bond donors (Lipinski definition) is 2. The molecule has 0 bridgehead atoms. The summed E-state index contributed by atoms with van der Waals surface area (Å²) in [6.45, 7) is 3.75. The lowest BCUT2D eigenvalue weighted by Crippen LogP contribution is -2.54. The van der Waals surface area contributed by atoms with Crippen molar-refractivity contribution in [2.24, 2.45) is 0 Å². The second kappa shape index (κ2) is 4.42. The van der Waals surface area contributed by atoms with Gasteiger partial charge in [-0.25, -0.2) is 0 Å². The SMILES string of the molecule is CCC(=O)NC1(CC)C=CC=CC1O. The first-order chi connectivity index (χ1) is 6.64. The molecule has 1 amide bonds. The quantitative estimate of drug-likeness (QED) is 0.709. The van der Waals surface area contributed by atoms with Crippen molar-refractivity contribution in [1.29, 1.82) is 0 Å². The Balaban J connectivity index is 2.80. The van der Waals surface area contributed by atoms with Crippen LogP contribution in [0.2, 0.25) is 0 Å². The second-order valence-electron chi connectivity index (χ2n) is 3.48. The third-order valence-corrected chi connectivity index (χ3v) is 2.60. The van der Waals surface area contributed by atoms with Gasteiger partial charge in [0.15, 0.2) is 0 Å². The van der Waals surface area contributed by atoms with Crippen LogP contribution in [0, 0.1) is 0 Å². The van der Waals surface area contributed by atoms with Crippen LogP contribution in [0.3, 0.4) is 0 Å². The highest BCUT2D eigenvalue weighted by molar-refractivity contribution is 5.77. The number of hydrogen-bond acceptors (Lipinski definition) is 2. The summed E-state index contributed by atoms with van der Waals surface area (Å²) in [7, 11) is 0. The third-order valence-electron chi connectivity index (χ3n) is 2.60. The summed E-state index contributed by atoms with van der Waals surface area (Å²) in [4.78, 5) is 11.3. The van der Waals surface area contributed by atoms with Crippen molar-refractivity contribution >= 4 is 5.91 Å². The number of carbonyl (C=O) groups excluding carboxylic acids is 1. The van der Waals surface area contributed by atoms with Gasteiger partial charge >= 0.3 is 0 Å². The fourth-order valence-corrected chi connectivity index (χ4v) is 1.55. The van der Waals surface area contributed by atoms with Crippen LogP contribution in [0.1, 0.15) is 26.7 Å². The van der Waals surface area contributed by atoms with Crippen molar-refractivity contribution in [3.8, 4) is 0 Å². The third kappa shape index (κ3) is 2.04. The molecule has 14 heavy (non-hydrogen) atoms. The van der Waals surface area contributed by atoms with E-state index >= 15 is 0 Å². The Morgan fingerprint density at radius 3 is 2.71 bits per heavy atom. The lowest BCUT2D eigenvalue weighted by molar-refractivity contribution is -0.123. The lowest BCUT2D eigenvalue weighted by atomic mass is 9.85. The van der Waals surface area contributed by atoms with Crippen LogP contribution >= 0.6 is 0 Å². The van der Waals surface area contributed by atoms with Gasteiger partial charge in [0, 0.05) is 6.42 Å². The van der Waals surface area contributed by atoms with E-state index < -0.39 is 11.6 Å². The number of aliphatic hydroxyl groups is 1. The topological polar surface area (TPSA) is 49.3 Å². The summed E-state index contributed by atoms with van der Waals surface area (Å²) in [5, 5.41) is 12.7. The molecule has 1 aliphatic rings. The minimum absolute atomic E-state index is 0.0362. The summed E-state index contributed by atoms with van der Waals surface area (Å²) in [6.07, 6.45) is 7.67. The van der Waals surface area contributed by atoms with Gasteiger partial charge in [-0.1, -0.05) is 38.2 Å². The maximum Gasteiger partial charge on any atom is 0.220 e. The summed E-state index contributed by atoms with van der Waals surface area (Å²) < 4.78 is 0. The van der Waals surface area contributed by atoms with E-state index in [-0.39, 0.29) is 5.91 Å². The predicted octanol–water partition coefficient (Wildman–Crippen LogP) is 1.15. The first kappa shape index (κ1) is 11.0. The molecular formula is C11H17NO2. The fourth-order valence-electron chi connectivity index (χ4n) is 1.55. The van der Waals surface area contributed by atoms with Crippen molar-refractivity contribution < 1.29 is 9.90 Å². The first-order valence-corrected chi connectivity index (χ1v) is 4.99. The minimum atomic E-state index is -0.631. The van der Waals surface area contributed by atoms with Crippen molar-refractivity contribution in [3.63, 3.8) is 0 Å². The molecule has 3 heteroatoms. The highest BCUT2D eigenvalue weighted by atomic mass is 16.3. The van der Waals surface area contributed by atoms with E-state index in [4.69, 9.17) is 0 Å². The van der Waals surface area contributed by atoms with Crippen LogP contribution in [-0.2, 0) is 4.79 Å². The van der Waals surface area contributed by atoms with E-state index in [0.717, 1.165) is 0 Å². The van der Waals surface area contributed by atoms with Crippen LogP contribution in [0.15, 0.2) is 24.3 Å². The van der Waals surface area contributed by atoms with Crippen molar-refractivity contribution in [2.75, 3.05) is 0 Å². The van der Waals surface area contributed by atoms with Gasteiger partial charge in [-0.15, -0.1) is 0 Å². The summed E-state index contributed by atoms with van der Waals surface area (Å²) >= 11 is 0. The average Bonchev–Trinajstić information content (AvgIpc) is 2.21. The molecule has 1 aliphatic carbocycles. The molecule has 2 unspecified atom stereocenters. The zero-order chi connectivity index (χ0) is 10.6. The molecule has 0 aliphatic heterocycles. The molecule has 0 saturated heterocycles. The summed E-state index contributed by atoms with van der Waals surface area (Å²) in [5.74, 6) is -0.0362. The van der Waals surface area contributed by atoms with Gasteiger partial charge in [-0.2, -0.15) is 0 Å². The van der Waals surface area contributed by atoms with Gasteiger partial charge in [0.25, 0.3) is 0 Å². The zero-order valence-corrected chi connectivity index (χ0v) is 8.66. The van der Waals surface area contributed by atoms with E-state index in [9.17, 15) is 9.90 Å². The Labute approximate surface area is 84.5 Å². The van der Waals surface area contributed by atoms with Gasteiger partial charge in [-0.3, -0.25) is 4.79 Å². The number of nitrogens with one attached hydrogen (secondary N) is 1. The average molecular weight is 195 g/mol. The maximum atomic E-state index is 11.3. The lowest BCUT2D eigenvalue weighted by Gasteiger charge is -2.35. The minimum Gasteiger partial charge on any atom is -0.386 e. The Bertz CT molecular complexity index is 270. The molecule has 3 nitrogen and oxygen atoms in total. The van der Waals surface area contributed by atoms with Crippen molar-refractivity contribution in [1.82, 2.24) is 5.32 Å². The van der Waals surface area contributed by atoms with Crippen LogP contribution in [0.25, 0.3) is 0 Å². The van der Waals surface area contributed by atoms with Gasteiger partial charge in [0.1, 0.15) is 0 Å². The largest absolute Gasteiger partial charge is 0.386 e. The Morgan fingerprint density at radius 2 is 2.21 bits per heavy atom. The highest BCUT2D eigenvalue weighted by Gasteiger charge is 2.34. The number of rotatable bonds is 3. The molecular weight excluding hydrogens is 178 g/mol. The summed E-state index contributed by atoms with van der Waals surface area (Å²) in [6, 6.07) is 0. The number of carbonyl (C=O) groups is 1. The molecule has 0 aromatic carbocycles. The number of aliphatic hydroxyl groups excluding tert-OH is 1. The van der Waals surface area contributed by atoms with E-state index in [1.807, 2.05) is 19.1 Å². The molecule has 1 rings (SSSR count). The molecule has 78 valence electrons. The molecule has 0 aromatic heterocycles. The standard InChI is InChI=1S/C11H17NO2/c1-3-10(14)12-11(4-2)8-6-5-7-9(11)13/h5-9,13H,3-4H2,1-2H3,(H,12,14). The molecule has 0 fully saturated rings. The van der Waals surface area contributed by atoms with Crippen molar-refractivity contribution in [2.45, 2.75) is 38.3 Å². The van der Waals surface area contributed by atoms with Crippen molar-refractivity contribution in [3.05, 3.63) is 24.3 Å². The number of amides is 1. The van der Waals surface area contributed by atoms with Crippen LogP contribution in [-0.4, -0.2) is 22.7 Å². The molecule has 0 saturated carbocycles. The molecule has 0 heterocycles. The summed E-state index contributed by atoms with van der Waals surface area (Å²) in [5.41, 5.74) is -0.609. The number of allylic oxidation sites excluding steroid dienone is 2. The fraction of sp³-hybridized carbons (Fsp3) is 0.545. The smallest absolute Gasteiger partial charge is 0.220 e. The molecule has 0 spiro atoms. The Kier molecular flexibility index (Phi) is 3.47. The second-order valence-corrected chi connectivity index (χ2v) is 3.48. The van der Waals surface area contributed by atoms with E-state index in [1.54, 1.807) is 19.1 Å². The van der Waals surface area contributed by atoms with Crippen LogP contribution < -0.4 is 5.32 Å². The van der Waals surface area contributed by atoms with Gasteiger partial charge in [-0.05, 0) is 6.42 Å². The molecule has 2 N–H and O–H groups in total. The normalized spacial score (nSPS) is 30.4. The first-order valence-electron chi connectivity index (χ1n) is 4.99. The van der Waals surface area contributed by atoms with E-state index in [0.29, 0.717) is 12.8 Å². The maximum absolute atomic E-state index is 11.3. The highest BCUT2D eigenvalue weighted by Crippen LogP contribution is 2.22. The Hall–Kier alpha value is -1.09. The molecule has 0 radical (unpaired) electrons. The van der Waals surface area contributed by atoms with Gasteiger partial charge in [0.2, 0.25) is 5.91 Å².